The summed E-state index contributed by atoms with van der Waals surface area (Å²) in [5.74, 6) is 1.21. The van der Waals surface area contributed by atoms with Crippen LogP contribution in [-0.2, 0) is 0 Å². The molecule has 2 heterocycles. The quantitative estimate of drug-likeness (QED) is 0.919. The molecule has 19 heavy (non-hydrogen) atoms. The van der Waals surface area contributed by atoms with Crippen molar-refractivity contribution >= 4 is 23.4 Å². The Hall–Kier alpha value is -1.23. The number of aromatic nitrogens is 1. The van der Waals surface area contributed by atoms with Gasteiger partial charge in [-0.15, -0.1) is 0 Å². The minimum Gasteiger partial charge on any atom is -0.384 e. The third-order valence-corrected chi connectivity index (χ3v) is 4.59. The molecule has 1 aliphatic rings. The summed E-state index contributed by atoms with van der Waals surface area (Å²) in [5, 5.41) is 4.11. The van der Waals surface area contributed by atoms with Crippen molar-refractivity contribution in [3.8, 4) is 0 Å². The van der Waals surface area contributed by atoms with E-state index in [9.17, 15) is 4.79 Å². The number of thioether (sulfide) groups is 1. The van der Waals surface area contributed by atoms with Gasteiger partial charge < -0.3 is 10.2 Å². The lowest BCUT2D eigenvalue weighted by Crippen LogP contribution is -2.23. The van der Waals surface area contributed by atoms with Gasteiger partial charge in [-0.05, 0) is 30.7 Å². The molecule has 4 nitrogen and oxygen atoms in total. The summed E-state index contributed by atoms with van der Waals surface area (Å²) in [6, 6.07) is 3.75. The molecule has 1 atom stereocenters. The van der Waals surface area contributed by atoms with E-state index in [0.717, 1.165) is 12.2 Å². The standard InChI is InChI=1S/C14H21N3OS/c1-17(2)14(18)13-9-11(6-7-15-13)16-10-12-5-3-4-8-19-12/h6-7,9,12H,3-5,8,10H2,1-2H3,(H,15,16). The number of hydrogen-bond acceptors (Lipinski definition) is 4. The van der Waals surface area contributed by atoms with Crippen LogP contribution >= 0.6 is 11.8 Å². The maximum Gasteiger partial charge on any atom is 0.272 e. The van der Waals surface area contributed by atoms with Gasteiger partial charge in [0.2, 0.25) is 0 Å². The van der Waals surface area contributed by atoms with Gasteiger partial charge in [-0.25, -0.2) is 0 Å². The Morgan fingerprint density at radius 3 is 3.05 bits per heavy atom. The van der Waals surface area contributed by atoms with Gasteiger partial charge in [-0.1, -0.05) is 6.42 Å². The van der Waals surface area contributed by atoms with Gasteiger partial charge in [-0.2, -0.15) is 11.8 Å². The van der Waals surface area contributed by atoms with Crippen molar-refractivity contribution in [1.82, 2.24) is 9.88 Å². The number of anilines is 1. The lowest BCUT2D eigenvalue weighted by Gasteiger charge is -2.22. The number of nitrogens with one attached hydrogen (secondary N) is 1. The Kier molecular flexibility index (Phi) is 5.07. The molecule has 1 aliphatic heterocycles. The number of amides is 1. The van der Waals surface area contributed by atoms with Crippen LogP contribution in [0.2, 0.25) is 0 Å². The Morgan fingerprint density at radius 1 is 1.53 bits per heavy atom. The molecule has 0 saturated carbocycles. The molecular formula is C14H21N3OS. The van der Waals surface area contributed by atoms with Crippen LogP contribution in [0.4, 0.5) is 5.69 Å². The summed E-state index contributed by atoms with van der Waals surface area (Å²) in [5.41, 5.74) is 1.47. The highest BCUT2D eigenvalue weighted by atomic mass is 32.2. The highest BCUT2D eigenvalue weighted by Crippen LogP contribution is 2.25. The summed E-state index contributed by atoms with van der Waals surface area (Å²) in [6.45, 7) is 0.963. The normalized spacial score (nSPS) is 18.9. The zero-order valence-corrected chi connectivity index (χ0v) is 12.4. The highest BCUT2D eigenvalue weighted by Gasteiger charge is 2.14. The van der Waals surface area contributed by atoms with E-state index < -0.39 is 0 Å². The Bertz CT molecular complexity index is 430. The van der Waals surface area contributed by atoms with E-state index in [1.165, 1.54) is 25.0 Å². The predicted octanol–water partition coefficient (Wildman–Crippen LogP) is 2.48. The maximum absolute atomic E-state index is 11.8. The zero-order valence-electron chi connectivity index (χ0n) is 11.6. The van der Waals surface area contributed by atoms with Gasteiger partial charge >= 0.3 is 0 Å². The number of carbonyl (C=O) groups is 1. The molecule has 1 aromatic heterocycles. The molecule has 0 radical (unpaired) electrons. The summed E-state index contributed by atoms with van der Waals surface area (Å²) < 4.78 is 0. The average molecular weight is 279 g/mol. The summed E-state index contributed by atoms with van der Waals surface area (Å²) in [4.78, 5) is 17.5. The molecule has 0 aromatic carbocycles. The van der Waals surface area contributed by atoms with Crippen molar-refractivity contribution < 1.29 is 4.79 Å². The fourth-order valence-corrected chi connectivity index (χ4v) is 3.33. The minimum atomic E-state index is -0.0595. The van der Waals surface area contributed by atoms with Crippen LogP contribution in [0.5, 0.6) is 0 Å². The van der Waals surface area contributed by atoms with E-state index in [-0.39, 0.29) is 5.91 Å². The van der Waals surface area contributed by atoms with E-state index in [1.54, 1.807) is 25.2 Å². The lowest BCUT2D eigenvalue weighted by atomic mass is 10.2. The topological polar surface area (TPSA) is 45.2 Å². The number of carbonyl (C=O) groups excluding carboxylic acids is 1. The molecule has 1 fully saturated rings. The first-order chi connectivity index (χ1) is 9.16. The number of hydrogen-bond donors (Lipinski definition) is 1. The van der Waals surface area contributed by atoms with Crippen LogP contribution in [-0.4, -0.2) is 47.4 Å². The molecule has 5 heteroatoms. The molecule has 0 bridgehead atoms. The molecule has 1 N–H and O–H groups in total. The maximum atomic E-state index is 11.8. The van der Waals surface area contributed by atoms with Gasteiger partial charge in [0, 0.05) is 37.8 Å². The third-order valence-electron chi connectivity index (χ3n) is 3.19. The highest BCUT2D eigenvalue weighted by molar-refractivity contribution is 7.99. The summed E-state index contributed by atoms with van der Waals surface area (Å²) in [6.07, 6.45) is 5.65. The van der Waals surface area contributed by atoms with Crippen LogP contribution < -0.4 is 5.32 Å². The molecule has 0 spiro atoms. The fourth-order valence-electron chi connectivity index (χ4n) is 2.09. The number of nitrogens with zero attached hydrogens (tertiary/aromatic N) is 2. The van der Waals surface area contributed by atoms with E-state index in [0.29, 0.717) is 10.9 Å². The molecule has 1 aromatic rings. The van der Waals surface area contributed by atoms with E-state index in [1.807, 2.05) is 23.9 Å². The van der Waals surface area contributed by atoms with Crippen molar-refractivity contribution in [1.29, 1.82) is 0 Å². The van der Waals surface area contributed by atoms with Crippen LogP contribution in [0.1, 0.15) is 29.8 Å². The van der Waals surface area contributed by atoms with E-state index in [2.05, 4.69) is 10.3 Å². The van der Waals surface area contributed by atoms with Crippen LogP contribution in [0.15, 0.2) is 18.3 Å². The van der Waals surface area contributed by atoms with Crippen molar-refractivity contribution in [3.63, 3.8) is 0 Å². The van der Waals surface area contributed by atoms with Crippen LogP contribution in [0.3, 0.4) is 0 Å². The van der Waals surface area contributed by atoms with Gasteiger partial charge in [0.05, 0.1) is 0 Å². The minimum absolute atomic E-state index is 0.0595. The molecule has 104 valence electrons. The van der Waals surface area contributed by atoms with E-state index >= 15 is 0 Å². The third kappa shape index (κ3) is 4.13. The van der Waals surface area contributed by atoms with Gasteiger partial charge in [-0.3, -0.25) is 9.78 Å². The second-order valence-electron chi connectivity index (χ2n) is 5.00. The molecule has 2 rings (SSSR count). The monoisotopic (exact) mass is 279 g/mol. The smallest absolute Gasteiger partial charge is 0.272 e. The van der Waals surface area contributed by atoms with Gasteiger partial charge in [0.1, 0.15) is 5.69 Å². The molecule has 1 saturated heterocycles. The first-order valence-electron chi connectivity index (χ1n) is 6.70. The van der Waals surface area contributed by atoms with Crippen molar-refractivity contribution in [2.24, 2.45) is 0 Å². The zero-order chi connectivity index (χ0) is 13.7. The summed E-state index contributed by atoms with van der Waals surface area (Å²) in [7, 11) is 3.48. The number of rotatable bonds is 4. The first-order valence-corrected chi connectivity index (χ1v) is 7.75. The van der Waals surface area contributed by atoms with Crippen LogP contribution in [0, 0.1) is 0 Å². The Balaban J connectivity index is 1.93. The van der Waals surface area contributed by atoms with Crippen molar-refractivity contribution in [2.45, 2.75) is 24.5 Å². The predicted molar refractivity (Wildman–Crippen MR) is 80.8 cm³/mol. The Morgan fingerprint density at radius 2 is 2.37 bits per heavy atom. The van der Waals surface area contributed by atoms with Crippen LogP contribution in [0.25, 0.3) is 0 Å². The second kappa shape index (κ2) is 6.80. The van der Waals surface area contributed by atoms with Crippen molar-refractivity contribution in [3.05, 3.63) is 24.0 Å². The largest absolute Gasteiger partial charge is 0.384 e. The molecule has 0 aliphatic carbocycles. The van der Waals surface area contributed by atoms with Crippen molar-refractivity contribution in [2.75, 3.05) is 31.7 Å². The van der Waals surface area contributed by atoms with Gasteiger partial charge in [0.25, 0.3) is 5.91 Å². The molecule has 1 unspecified atom stereocenters. The molecule has 1 amide bonds. The second-order valence-corrected chi connectivity index (χ2v) is 6.41. The average Bonchev–Trinajstić information content (AvgIpc) is 2.45. The first kappa shape index (κ1) is 14.2. The SMILES string of the molecule is CN(C)C(=O)c1cc(NCC2CCCCS2)ccn1. The number of pyridine rings is 1. The lowest BCUT2D eigenvalue weighted by molar-refractivity contribution is 0.0822. The van der Waals surface area contributed by atoms with Gasteiger partial charge in [0.15, 0.2) is 0 Å². The Labute approximate surface area is 119 Å². The molecular weight excluding hydrogens is 258 g/mol. The summed E-state index contributed by atoms with van der Waals surface area (Å²) >= 11 is 2.04. The van der Waals surface area contributed by atoms with E-state index in [4.69, 9.17) is 0 Å². The fraction of sp³-hybridized carbons (Fsp3) is 0.571.